The van der Waals surface area contributed by atoms with E-state index in [0.717, 1.165) is 32.1 Å². The molecule has 0 radical (unpaired) electrons. The monoisotopic (exact) mass is 320 g/mol. The standard InChI is InChI=1S/C21H36O2/c1-3-4-5-6-7-8-9-10-11-12-13-14-15-16-17-18-19-20-21(22)23-2/h3-4,7-8,10-11H,5-6,9,12-20H2,1-2H3/b4-3-,8-7-,11-10-. The second-order valence-electron chi connectivity index (χ2n) is 5.91. The molecule has 0 atom stereocenters. The molecule has 0 aromatic carbocycles. The van der Waals surface area contributed by atoms with Crippen LogP contribution in [0, 0.1) is 0 Å². The number of carbonyl (C=O) groups is 1. The zero-order valence-electron chi connectivity index (χ0n) is 15.3. The van der Waals surface area contributed by atoms with Crippen molar-refractivity contribution in [1.82, 2.24) is 0 Å². The highest BCUT2D eigenvalue weighted by molar-refractivity contribution is 5.68. The summed E-state index contributed by atoms with van der Waals surface area (Å²) in [7, 11) is 1.46. The Balaban J connectivity index is 3.20. The number of carbonyl (C=O) groups excluding carboxylic acids is 1. The largest absolute Gasteiger partial charge is 0.469 e. The van der Waals surface area contributed by atoms with Gasteiger partial charge in [0, 0.05) is 6.42 Å². The van der Waals surface area contributed by atoms with E-state index in [1.165, 1.54) is 45.6 Å². The zero-order valence-corrected chi connectivity index (χ0v) is 15.3. The molecule has 0 spiro atoms. The van der Waals surface area contributed by atoms with Crippen LogP contribution in [0.15, 0.2) is 36.5 Å². The summed E-state index contributed by atoms with van der Waals surface area (Å²) in [5.41, 5.74) is 0. The minimum Gasteiger partial charge on any atom is -0.469 e. The van der Waals surface area contributed by atoms with E-state index in [9.17, 15) is 4.79 Å². The van der Waals surface area contributed by atoms with Crippen LogP contribution in [0.2, 0.25) is 0 Å². The molecular formula is C21H36O2. The Morgan fingerprint density at radius 3 is 1.96 bits per heavy atom. The van der Waals surface area contributed by atoms with E-state index in [4.69, 9.17) is 0 Å². The van der Waals surface area contributed by atoms with E-state index in [2.05, 4.69) is 48.1 Å². The van der Waals surface area contributed by atoms with Crippen LogP contribution in [0.4, 0.5) is 0 Å². The summed E-state index contributed by atoms with van der Waals surface area (Å²) in [6, 6.07) is 0. The lowest BCUT2D eigenvalue weighted by molar-refractivity contribution is -0.140. The zero-order chi connectivity index (χ0) is 17.0. The van der Waals surface area contributed by atoms with Crippen molar-refractivity contribution < 1.29 is 9.53 Å². The molecule has 0 heterocycles. The van der Waals surface area contributed by atoms with Crippen LogP contribution in [0.3, 0.4) is 0 Å². The quantitative estimate of drug-likeness (QED) is 0.195. The predicted octanol–water partition coefficient (Wildman–Crippen LogP) is 6.53. The van der Waals surface area contributed by atoms with Crippen molar-refractivity contribution in [2.75, 3.05) is 7.11 Å². The molecule has 0 aliphatic rings. The van der Waals surface area contributed by atoms with Gasteiger partial charge in [0.15, 0.2) is 0 Å². The van der Waals surface area contributed by atoms with Gasteiger partial charge < -0.3 is 4.74 Å². The Morgan fingerprint density at radius 1 is 0.739 bits per heavy atom. The summed E-state index contributed by atoms with van der Waals surface area (Å²) >= 11 is 0. The fourth-order valence-electron chi connectivity index (χ4n) is 2.38. The van der Waals surface area contributed by atoms with E-state index in [-0.39, 0.29) is 5.97 Å². The molecule has 0 bridgehead atoms. The van der Waals surface area contributed by atoms with E-state index in [1.807, 2.05) is 0 Å². The second-order valence-corrected chi connectivity index (χ2v) is 5.91. The molecule has 0 amide bonds. The minimum atomic E-state index is -0.0792. The third-order valence-corrected chi connectivity index (χ3v) is 3.82. The molecule has 0 unspecified atom stereocenters. The molecule has 0 aliphatic heterocycles. The fourth-order valence-corrected chi connectivity index (χ4v) is 2.38. The van der Waals surface area contributed by atoms with Crippen LogP contribution in [-0.4, -0.2) is 13.1 Å². The Morgan fingerprint density at radius 2 is 1.30 bits per heavy atom. The molecule has 0 fully saturated rings. The maximum atomic E-state index is 10.9. The highest BCUT2D eigenvalue weighted by Gasteiger charge is 1.98. The van der Waals surface area contributed by atoms with Gasteiger partial charge in [-0.15, -0.1) is 0 Å². The summed E-state index contributed by atoms with van der Waals surface area (Å²) in [6.07, 6.45) is 27.2. The van der Waals surface area contributed by atoms with Gasteiger partial charge in [-0.2, -0.15) is 0 Å². The molecule has 0 saturated carbocycles. The van der Waals surface area contributed by atoms with E-state index in [0.29, 0.717) is 6.42 Å². The van der Waals surface area contributed by atoms with Crippen molar-refractivity contribution in [3.8, 4) is 0 Å². The SMILES string of the molecule is C/C=C\CC/C=C\C/C=C\CCCCCCCCCC(=O)OC. The van der Waals surface area contributed by atoms with E-state index >= 15 is 0 Å². The van der Waals surface area contributed by atoms with Crippen molar-refractivity contribution in [2.24, 2.45) is 0 Å². The van der Waals surface area contributed by atoms with Crippen LogP contribution < -0.4 is 0 Å². The van der Waals surface area contributed by atoms with Crippen molar-refractivity contribution >= 4 is 5.97 Å². The van der Waals surface area contributed by atoms with Crippen molar-refractivity contribution in [3.05, 3.63) is 36.5 Å². The smallest absolute Gasteiger partial charge is 0.305 e. The predicted molar refractivity (Wildman–Crippen MR) is 101 cm³/mol. The van der Waals surface area contributed by atoms with Crippen LogP contribution in [0.25, 0.3) is 0 Å². The molecular weight excluding hydrogens is 284 g/mol. The average Bonchev–Trinajstić information content (AvgIpc) is 2.57. The van der Waals surface area contributed by atoms with Gasteiger partial charge in [0.1, 0.15) is 0 Å². The highest BCUT2D eigenvalue weighted by Crippen LogP contribution is 2.10. The second kappa shape index (κ2) is 18.7. The van der Waals surface area contributed by atoms with Gasteiger partial charge in [0.05, 0.1) is 7.11 Å². The maximum Gasteiger partial charge on any atom is 0.305 e. The molecule has 0 rings (SSSR count). The van der Waals surface area contributed by atoms with Gasteiger partial charge in [-0.25, -0.2) is 0 Å². The lowest BCUT2D eigenvalue weighted by atomic mass is 10.1. The topological polar surface area (TPSA) is 26.3 Å². The number of allylic oxidation sites excluding steroid dienone is 6. The summed E-state index contributed by atoms with van der Waals surface area (Å²) in [4.78, 5) is 10.9. The molecule has 0 aliphatic carbocycles. The first kappa shape index (κ1) is 21.7. The lowest BCUT2D eigenvalue weighted by Gasteiger charge is -2.01. The number of hydrogen-bond acceptors (Lipinski definition) is 2. The van der Waals surface area contributed by atoms with Gasteiger partial charge in [0.25, 0.3) is 0 Å². The minimum absolute atomic E-state index is 0.0792. The first-order chi connectivity index (χ1) is 11.3. The number of esters is 1. The molecule has 132 valence electrons. The first-order valence-electron chi connectivity index (χ1n) is 9.29. The molecule has 0 N–H and O–H groups in total. The Labute approximate surface area is 143 Å². The maximum absolute atomic E-state index is 10.9. The van der Waals surface area contributed by atoms with Crippen molar-refractivity contribution in [1.29, 1.82) is 0 Å². The molecule has 0 aromatic heterocycles. The van der Waals surface area contributed by atoms with Gasteiger partial charge in [-0.1, -0.05) is 68.6 Å². The number of ether oxygens (including phenoxy) is 1. The third kappa shape index (κ3) is 18.6. The van der Waals surface area contributed by atoms with Crippen LogP contribution in [0.5, 0.6) is 0 Å². The third-order valence-electron chi connectivity index (χ3n) is 3.82. The highest BCUT2D eigenvalue weighted by atomic mass is 16.5. The van der Waals surface area contributed by atoms with Crippen molar-refractivity contribution in [3.63, 3.8) is 0 Å². The lowest BCUT2D eigenvalue weighted by Crippen LogP contribution is -1.99. The van der Waals surface area contributed by atoms with Crippen LogP contribution >= 0.6 is 0 Å². The van der Waals surface area contributed by atoms with Crippen LogP contribution in [-0.2, 0) is 9.53 Å². The summed E-state index contributed by atoms with van der Waals surface area (Å²) in [5, 5.41) is 0. The van der Waals surface area contributed by atoms with Crippen molar-refractivity contribution in [2.45, 2.75) is 84.0 Å². The molecule has 0 saturated heterocycles. The normalized spacial score (nSPS) is 11.9. The van der Waals surface area contributed by atoms with Gasteiger partial charge in [0.2, 0.25) is 0 Å². The fraction of sp³-hybridized carbons (Fsp3) is 0.667. The molecule has 0 aromatic rings. The summed E-state index contributed by atoms with van der Waals surface area (Å²) in [6.45, 7) is 2.07. The average molecular weight is 321 g/mol. The van der Waals surface area contributed by atoms with Crippen LogP contribution in [0.1, 0.15) is 84.0 Å². The Kier molecular flexibility index (Phi) is 17.7. The summed E-state index contributed by atoms with van der Waals surface area (Å²) in [5.74, 6) is -0.0792. The number of rotatable bonds is 15. The molecule has 2 heteroatoms. The first-order valence-corrected chi connectivity index (χ1v) is 9.29. The van der Waals surface area contributed by atoms with E-state index in [1.54, 1.807) is 0 Å². The van der Waals surface area contributed by atoms with Gasteiger partial charge in [-0.3, -0.25) is 4.79 Å². The number of hydrogen-bond donors (Lipinski definition) is 0. The van der Waals surface area contributed by atoms with Gasteiger partial charge in [-0.05, 0) is 45.4 Å². The Bertz CT molecular complexity index is 340. The molecule has 23 heavy (non-hydrogen) atoms. The number of methoxy groups -OCH3 is 1. The Hall–Kier alpha value is -1.31. The van der Waals surface area contributed by atoms with E-state index < -0.39 is 0 Å². The summed E-state index contributed by atoms with van der Waals surface area (Å²) < 4.78 is 4.63. The van der Waals surface area contributed by atoms with Gasteiger partial charge >= 0.3 is 5.97 Å². The number of unbranched alkanes of at least 4 members (excludes halogenated alkanes) is 8. The molecule has 2 nitrogen and oxygen atoms in total.